The lowest BCUT2D eigenvalue weighted by Gasteiger charge is -2.35. The van der Waals surface area contributed by atoms with Crippen LogP contribution in [0, 0.1) is 17.7 Å². The van der Waals surface area contributed by atoms with Crippen molar-refractivity contribution in [3.8, 4) is 11.1 Å². The van der Waals surface area contributed by atoms with Crippen molar-refractivity contribution >= 4 is 23.1 Å². The number of anilines is 1. The van der Waals surface area contributed by atoms with Crippen LogP contribution in [0.1, 0.15) is 45.2 Å². The van der Waals surface area contributed by atoms with Crippen LogP contribution in [0.3, 0.4) is 0 Å². The number of Topliss-reactive ketones (excluding diaryl/α,β-unsaturated/α-hetero) is 1. The molecule has 2 saturated heterocycles. The fraction of sp³-hybridized carbons (Fsp3) is 0.538. The third-order valence-electron chi connectivity index (χ3n) is 6.87. The number of nitrogens with zero attached hydrogens (tertiary/aromatic N) is 1. The Morgan fingerprint density at radius 2 is 2.06 bits per heavy atom. The number of halogens is 2. The Kier molecular flexibility index (Phi) is 7.67. The predicted octanol–water partition coefficient (Wildman–Crippen LogP) is 5.27. The molecule has 0 bridgehead atoms. The molecule has 2 aliphatic heterocycles. The molecule has 4 rings (SSSR count). The van der Waals surface area contributed by atoms with Gasteiger partial charge in [-0.25, -0.2) is 4.39 Å². The van der Waals surface area contributed by atoms with Gasteiger partial charge >= 0.3 is 0 Å². The van der Waals surface area contributed by atoms with Crippen LogP contribution in [-0.4, -0.2) is 42.6 Å². The van der Waals surface area contributed by atoms with Crippen LogP contribution >= 0.6 is 11.6 Å². The summed E-state index contributed by atoms with van der Waals surface area (Å²) in [7, 11) is 0. The van der Waals surface area contributed by atoms with Crippen LogP contribution in [0.25, 0.3) is 11.1 Å². The standard InChI is InChI=1S/C26H33ClFN3O2/c1-26(2)8-5-19(15-31-26)25(32)13-20-12-21(22(27)16-29-20)18-3-4-23(28)24(11-18)30-14-17-6-9-33-10-7-17/h3-4,11-12,16-17,19,30-31H,5-10,13-15H2,1-2H3/t19-/m1/s1. The number of aromatic nitrogens is 1. The zero-order valence-electron chi connectivity index (χ0n) is 19.4. The van der Waals surface area contributed by atoms with Crippen molar-refractivity contribution in [2.45, 2.75) is 51.5 Å². The number of benzene rings is 1. The number of carbonyl (C=O) groups excluding carboxylic acids is 1. The molecule has 0 radical (unpaired) electrons. The first-order chi connectivity index (χ1) is 15.8. The quantitative estimate of drug-likeness (QED) is 0.573. The van der Waals surface area contributed by atoms with Crippen LogP contribution < -0.4 is 10.6 Å². The molecule has 0 spiro atoms. The summed E-state index contributed by atoms with van der Waals surface area (Å²) in [5, 5.41) is 7.20. The molecule has 2 fully saturated rings. The molecule has 33 heavy (non-hydrogen) atoms. The summed E-state index contributed by atoms with van der Waals surface area (Å²) in [5.74, 6) is 0.380. The predicted molar refractivity (Wildman–Crippen MR) is 130 cm³/mol. The Bertz CT molecular complexity index is 981. The summed E-state index contributed by atoms with van der Waals surface area (Å²) in [4.78, 5) is 17.3. The van der Waals surface area contributed by atoms with Crippen molar-refractivity contribution in [1.82, 2.24) is 10.3 Å². The second-order valence-corrected chi connectivity index (χ2v) is 10.3. The minimum atomic E-state index is -0.292. The summed E-state index contributed by atoms with van der Waals surface area (Å²) in [6, 6.07) is 6.82. The number of nitrogens with one attached hydrogen (secondary N) is 2. The highest BCUT2D eigenvalue weighted by atomic mass is 35.5. The molecule has 5 nitrogen and oxygen atoms in total. The van der Waals surface area contributed by atoms with E-state index in [1.807, 2.05) is 6.07 Å². The van der Waals surface area contributed by atoms with Crippen molar-refractivity contribution in [3.05, 3.63) is 47.0 Å². The summed E-state index contributed by atoms with van der Waals surface area (Å²) >= 11 is 6.45. The second-order valence-electron chi connectivity index (χ2n) is 9.93. The van der Waals surface area contributed by atoms with Gasteiger partial charge in [-0.1, -0.05) is 17.7 Å². The average Bonchev–Trinajstić information content (AvgIpc) is 2.80. The third-order valence-corrected chi connectivity index (χ3v) is 7.17. The van der Waals surface area contributed by atoms with E-state index in [1.54, 1.807) is 18.3 Å². The molecule has 0 saturated carbocycles. The fourth-order valence-electron chi connectivity index (χ4n) is 4.56. The van der Waals surface area contributed by atoms with E-state index in [1.165, 1.54) is 6.07 Å². The number of ether oxygens (including phenoxy) is 1. The number of rotatable bonds is 7. The van der Waals surface area contributed by atoms with E-state index in [-0.39, 0.29) is 29.5 Å². The highest BCUT2D eigenvalue weighted by molar-refractivity contribution is 6.33. The minimum absolute atomic E-state index is 0.00534. The van der Waals surface area contributed by atoms with Gasteiger partial charge in [0.15, 0.2) is 0 Å². The fourth-order valence-corrected chi connectivity index (χ4v) is 4.77. The number of carbonyl (C=O) groups is 1. The first kappa shape index (κ1) is 24.1. The van der Waals surface area contributed by atoms with Gasteiger partial charge in [-0.2, -0.15) is 0 Å². The van der Waals surface area contributed by atoms with Crippen molar-refractivity contribution in [2.24, 2.45) is 11.8 Å². The van der Waals surface area contributed by atoms with Crippen LogP contribution in [0.2, 0.25) is 5.02 Å². The lowest BCUT2D eigenvalue weighted by molar-refractivity contribution is -0.123. The molecule has 1 atom stereocenters. The number of hydrogen-bond acceptors (Lipinski definition) is 5. The molecule has 7 heteroatoms. The van der Waals surface area contributed by atoms with Crippen molar-refractivity contribution in [2.75, 3.05) is 31.6 Å². The molecule has 2 N–H and O–H groups in total. The van der Waals surface area contributed by atoms with Gasteiger partial charge < -0.3 is 15.4 Å². The molecule has 2 aliphatic rings. The molecule has 1 aromatic heterocycles. The maximum Gasteiger partial charge on any atom is 0.146 e. The zero-order valence-corrected chi connectivity index (χ0v) is 20.2. The Balaban J connectivity index is 1.46. The normalized spacial score (nSPS) is 21.0. The Labute approximate surface area is 200 Å². The zero-order chi connectivity index (χ0) is 23.4. The molecular formula is C26H33ClFN3O2. The number of piperidine rings is 1. The van der Waals surface area contributed by atoms with Gasteiger partial charge in [-0.15, -0.1) is 0 Å². The van der Waals surface area contributed by atoms with E-state index in [9.17, 15) is 9.18 Å². The molecule has 0 amide bonds. The summed E-state index contributed by atoms with van der Waals surface area (Å²) in [6.07, 6.45) is 5.68. The molecule has 1 aromatic carbocycles. The van der Waals surface area contributed by atoms with E-state index in [2.05, 4.69) is 29.5 Å². The van der Waals surface area contributed by atoms with E-state index in [0.29, 0.717) is 35.4 Å². The Morgan fingerprint density at radius 1 is 1.27 bits per heavy atom. The lowest BCUT2D eigenvalue weighted by Crippen LogP contribution is -2.48. The number of hydrogen-bond donors (Lipinski definition) is 2. The highest BCUT2D eigenvalue weighted by Crippen LogP contribution is 2.32. The Morgan fingerprint density at radius 3 is 2.79 bits per heavy atom. The third kappa shape index (κ3) is 6.31. The van der Waals surface area contributed by atoms with Crippen LogP contribution in [0.5, 0.6) is 0 Å². The van der Waals surface area contributed by atoms with Crippen LogP contribution in [0.4, 0.5) is 10.1 Å². The maximum absolute atomic E-state index is 14.5. The summed E-state index contributed by atoms with van der Waals surface area (Å²) in [6.45, 7) is 7.26. The Hall–Kier alpha value is -2.02. The molecule has 0 aliphatic carbocycles. The van der Waals surface area contributed by atoms with E-state index in [4.69, 9.17) is 16.3 Å². The van der Waals surface area contributed by atoms with Crippen molar-refractivity contribution < 1.29 is 13.9 Å². The lowest BCUT2D eigenvalue weighted by atomic mass is 9.84. The SMILES string of the molecule is CC1(C)CC[C@@H](C(=O)Cc2cc(-c3ccc(F)c(NCC4CCOCC4)c3)c(Cl)cn2)CN1. The molecular weight excluding hydrogens is 441 g/mol. The molecule has 3 heterocycles. The molecule has 0 unspecified atom stereocenters. The van der Waals surface area contributed by atoms with Crippen molar-refractivity contribution in [1.29, 1.82) is 0 Å². The number of pyridine rings is 1. The minimum Gasteiger partial charge on any atom is -0.382 e. The maximum atomic E-state index is 14.5. The van der Waals surface area contributed by atoms with E-state index >= 15 is 0 Å². The van der Waals surface area contributed by atoms with Gasteiger partial charge in [-0.05, 0) is 69.2 Å². The van der Waals surface area contributed by atoms with Gasteiger partial charge in [0.2, 0.25) is 0 Å². The van der Waals surface area contributed by atoms with Crippen molar-refractivity contribution in [3.63, 3.8) is 0 Å². The van der Waals surface area contributed by atoms with Crippen LogP contribution in [-0.2, 0) is 16.0 Å². The molecule has 2 aromatic rings. The van der Waals surface area contributed by atoms with Gasteiger partial charge in [0.05, 0.1) is 10.7 Å². The largest absolute Gasteiger partial charge is 0.382 e. The van der Waals surface area contributed by atoms with E-state index in [0.717, 1.165) is 50.0 Å². The first-order valence-electron chi connectivity index (χ1n) is 11.8. The van der Waals surface area contributed by atoms with E-state index < -0.39 is 0 Å². The highest BCUT2D eigenvalue weighted by Gasteiger charge is 2.30. The molecule has 178 valence electrons. The topological polar surface area (TPSA) is 63.2 Å². The second kappa shape index (κ2) is 10.5. The summed E-state index contributed by atoms with van der Waals surface area (Å²) in [5.41, 5.74) is 2.78. The van der Waals surface area contributed by atoms with Crippen LogP contribution in [0.15, 0.2) is 30.5 Å². The smallest absolute Gasteiger partial charge is 0.146 e. The van der Waals surface area contributed by atoms with Gasteiger partial charge in [-0.3, -0.25) is 9.78 Å². The monoisotopic (exact) mass is 473 g/mol. The summed E-state index contributed by atoms with van der Waals surface area (Å²) < 4.78 is 19.9. The van der Waals surface area contributed by atoms with Gasteiger partial charge in [0.1, 0.15) is 11.6 Å². The average molecular weight is 474 g/mol. The van der Waals surface area contributed by atoms with Gasteiger partial charge in [0.25, 0.3) is 0 Å². The number of ketones is 1. The van der Waals surface area contributed by atoms with Gasteiger partial charge in [0, 0.05) is 61.6 Å². The first-order valence-corrected chi connectivity index (χ1v) is 12.2.